The van der Waals surface area contributed by atoms with Gasteiger partial charge in [0.1, 0.15) is 11.3 Å². The van der Waals surface area contributed by atoms with Crippen molar-refractivity contribution in [1.29, 1.82) is 0 Å². The minimum Gasteiger partial charge on any atom is -0.465 e. The predicted molar refractivity (Wildman–Crippen MR) is 117 cm³/mol. The van der Waals surface area contributed by atoms with Crippen LogP contribution in [0.25, 0.3) is 0 Å². The number of ether oxygens (including phenoxy) is 3. The molecule has 0 spiro atoms. The summed E-state index contributed by atoms with van der Waals surface area (Å²) in [5.41, 5.74) is 7.30. The molecule has 9 heteroatoms. The number of halogens is 2. The molecule has 0 aliphatic carbocycles. The quantitative estimate of drug-likeness (QED) is 0.695. The number of hydrogen-bond donors (Lipinski definition) is 1. The SMILES string of the molecule is COC(=O)C1=C(N)Oc2cc(C)n(CC3CCCO3)c(=O)c2C1c1ccc(Cl)cc1Cl. The summed E-state index contributed by atoms with van der Waals surface area (Å²) in [5, 5.41) is 0.725. The molecule has 2 aromatic rings. The maximum Gasteiger partial charge on any atom is 0.340 e. The largest absolute Gasteiger partial charge is 0.465 e. The van der Waals surface area contributed by atoms with Crippen LogP contribution >= 0.6 is 23.2 Å². The number of aromatic nitrogens is 1. The lowest BCUT2D eigenvalue weighted by molar-refractivity contribution is -0.136. The third-order valence-electron chi connectivity index (χ3n) is 5.66. The van der Waals surface area contributed by atoms with Gasteiger partial charge < -0.3 is 24.5 Å². The molecule has 3 heterocycles. The summed E-state index contributed by atoms with van der Waals surface area (Å²) < 4.78 is 18.0. The van der Waals surface area contributed by atoms with Crippen LogP contribution in [0.2, 0.25) is 10.0 Å². The van der Waals surface area contributed by atoms with E-state index < -0.39 is 11.9 Å². The van der Waals surface area contributed by atoms with Crippen LogP contribution in [0, 0.1) is 6.92 Å². The molecule has 164 valence electrons. The summed E-state index contributed by atoms with van der Waals surface area (Å²) in [5.74, 6) is -1.42. The van der Waals surface area contributed by atoms with Gasteiger partial charge in [0.2, 0.25) is 5.88 Å². The number of methoxy groups -OCH3 is 1. The molecule has 1 aromatic carbocycles. The van der Waals surface area contributed by atoms with E-state index in [-0.39, 0.29) is 34.4 Å². The zero-order valence-corrected chi connectivity index (χ0v) is 18.6. The van der Waals surface area contributed by atoms with Crippen molar-refractivity contribution >= 4 is 29.2 Å². The van der Waals surface area contributed by atoms with Gasteiger partial charge in [0.05, 0.1) is 31.2 Å². The van der Waals surface area contributed by atoms with Crippen LogP contribution in [-0.2, 0) is 20.8 Å². The highest BCUT2D eigenvalue weighted by Crippen LogP contribution is 2.44. The molecule has 2 N–H and O–H groups in total. The van der Waals surface area contributed by atoms with Gasteiger partial charge in [0.15, 0.2) is 0 Å². The van der Waals surface area contributed by atoms with E-state index in [1.54, 1.807) is 28.8 Å². The number of esters is 1. The number of nitrogens with two attached hydrogens (primary N) is 1. The van der Waals surface area contributed by atoms with E-state index in [0.29, 0.717) is 34.5 Å². The fraction of sp³-hybridized carbons (Fsp3) is 0.364. The molecule has 0 bridgehead atoms. The topological polar surface area (TPSA) is 92.8 Å². The highest BCUT2D eigenvalue weighted by Gasteiger charge is 2.39. The van der Waals surface area contributed by atoms with Crippen LogP contribution in [0.1, 0.15) is 35.6 Å². The first-order chi connectivity index (χ1) is 14.8. The second kappa shape index (κ2) is 8.57. The minimum absolute atomic E-state index is 0.0174. The Kier molecular flexibility index (Phi) is 6.01. The summed E-state index contributed by atoms with van der Waals surface area (Å²) >= 11 is 12.5. The van der Waals surface area contributed by atoms with E-state index in [0.717, 1.165) is 12.8 Å². The van der Waals surface area contributed by atoms with E-state index >= 15 is 0 Å². The monoisotopic (exact) mass is 464 g/mol. The van der Waals surface area contributed by atoms with Gasteiger partial charge in [-0.2, -0.15) is 0 Å². The van der Waals surface area contributed by atoms with Crippen LogP contribution in [0.15, 0.2) is 40.5 Å². The summed E-state index contributed by atoms with van der Waals surface area (Å²) in [6, 6.07) is 6.60. The van der Waals surface area contributed by atoms with E-state index in [1.807, 2.05) is 6.92 Å². The number of pyridine rings is 1. The van der Waals surface area contributed by atoms with E-state index in [9.17, 15) is 9.59 Å². The van der Waals surface area contributed by atoms with E-state index in [2.05, 4.69) is 0 Å². The van der Waals surface area contributed by atoms with E-state index in [4.69, 9.17) is 43.1 Å². The highest BCUT2D eigenvalue weighted by molar-refractivity contribution is 6.35. The lowest BCUT2D eigenvalue weighted by Gasteiger charge is -2.29. The second-order valence-electron chi connectivity index (χ2n) is 7.58. The number of hydrogen-bond acceptors (Lipinski definition) is 6. The Labute approximate surface area is 189 Å². The molecule has 1 fully saturated rings. The molecule has 2 unspecified atom stereocenters. The highest BCUT2D eigenvalue weighted by atomic mass is 35.5. The first kappa shape index (κ1) is 21.7. The molecule has 2 aliphatic rings. The molecule has 1 saturated heterocycles. The van der Waals surface area contributed by atoms with Crippen molar-refractivity contribution in [3.8, 4) is 5.75 Å². The van der Waals surface area contributed by atoms with Crippen LogP contribution in [0.3, 0.4) is 0 Å². The van der Waals surface area contributed by atoms with Crippen molar-refractivity contribution in [2.75, 3.05) is 13.7 Å². The number of nitrogens with zero attached hydrogens (tertiary/aromatic N) is 1. The van der Waals surface area contributed by atoms with Crippen molar-refractivity contribution in [3.05, 3.63) is 72.9 Å². The third-order valence-corrected chi connectivity index (χ3v) is 6.22. The predicted octanol–water partition coefficient (Wildman–Crippen LogP) is 3.51. The molecular weight excluding hydrogens is 443 g/mol. The van der Waals surface area contributed by atoms with Crippen molar-refractivity contribution in [3.63, 3.8) is 0 Å². The zero-order chi connectivity index (χ0) is 22.3. The number of carbonyl (C=O) groups is 1. The fourth-order valence-corrected chi connectivity index (χ4v) is 4.68. The average Bonchev–Trinajstić information content (AvgIpc) is 3.23. The van der Waals surface area contributed by atoms with Crippen molar-refractivity contribution in [2.24, 2.45) is 5.73 Å². The molecular formula is C22H22Cl2N2O5. The third kappa shape index (κ3) is 3.93. The van der Waals surface area contributed by atoms with Crippen LogP contribution in [-0.4, -0.2) is 30.4 Å². The van der Waals surface area contributed by atoms with Crippen molar-refractivity contribution in [1.82, 2.24) is 4.57 Å². The fourth-order valence-electron chi connectivity index (χ4n) is 4.16. The van der Waals surface area contributed by atoms with Crippen LogP contribution in [0.4, 0.5) is 0 Å². The summed E-state index contributed by atoms with van der Waals surface area (Å²) in [7, 11) is 1.24. The number of aryl methyl sites for hydroxylation is 1. The Hall–Kier alpha value is -2.48. The molecule has 0 amide bonds. The average molecular weight is 465 g/mol. The van der Waals surface area contributed by atoms with Crippen molar-refractivity contribution in [2.45, 2.75) is 38.3 Å². The Bertz CT molecular complexity index is 1140. The van der Waals surface area contributed by atoms with Crippen molar-refractivity contribution < 1.29 is 19.0 Å². The molecule has 2 atom stereocenters. The first-order valence-electron chi connectivity index (χ1n) is 9.88. The number of rotatable bonds is 4. The maximum atomic E-state index is 13.7. The summed E-state index contributed by atoms with van der Waals surface area (Å²) in [4.78, 5) is 26.3. The molecule has 1 aromatic heterocycles. The number of carbonyl (C=O) groups excluding carboxylic acids is 1. The Balaban J connectivity index is 1.94. The number of benzene rings is 1. The molecule has 4 rings (SSSR count). The molecule has 0 radical (unpaired) electrons. The van der Waals surface area contributed by atoms with Crippen LogP contribution < -0.4 is 16.0 Å². The lowest BCUT2D eigenvalue weighted by atomic mass is 9.83. The molecule has 0 saturated carbocycles. The maximum absolute atomic E-state index is 13.7. The van der Waals surface area contributed by atoms with Gasteiger partial charge in [0.25, 0.3) is 5.56 Å². The van der Waals surface area contributed by atoms with Gasteiger partial charge in [-0.1, -0.05) is 29.3 Å². The molecule has 2 aliphatic heterocycles. The van der Waals surface area contributed by atoms with Gasteiger partial charge >= 0.3 is 5.97 Å². The molecule has 31 heavy (non-hydrogen) atoms. The second-order valence-corrected chi connectivity index (χ2v) is 8.43. The van der Waals surface area contributed by atoms with Gasteiger partial charge in [0, 0.05) is 28.4 Å². The Morgan fingerprint density at radius 1 is 1.32 bits per heavy atom. The Morgan fingerprint density at radius 3 is 2.74 bits per heavy atom. The zero-order valence-electron chi connectivity index (χ0n) is 17.1. The lowest BCUT2D eigenvalue weighted by Crippen LogP contribution is -2.36. The minimum atomic E-state index is -0.871. The van der Waals surface area contributed by atoms with E-state index in [1.165, 1.54) is 7.11 Å². The standard InChI is InChI=1S/C22H22Cl2N2O5/c1-11-8-16-18(21(27)26(11)10-13-4-3-7-30-13)17(14-6-5-12(23)9-15(14)24)19(20(25)31-16)22(28)29-2/h5-6,8-9,13,17H,3-4,7,10,25H2,1-2H3. The van der Waals surface area contributed by atoms with Crippen LogP contribution in [0.5, 0.6) is 5.75 Å². The van der Waals surface area contributed by atoms with Gasteiger partial charge in [-0.3, -0.25) is 4.79 Å². The Morgan fingerprint density at radius 2 is 2.10 bits per heavy atom. The normalized spacial score (nSPS) is 20.4. The summed E-state index contributed by atoms with van der Waals surface area (Å²) in [6.07, 6.45) is 1.80. The molecule has 7 nitrogen and oxygen atoms in total. The van der Waals surface area contributed by atoms with Gasteiger partial charge in [-0.25, -0.2) is 4.79 Å². The first-order valence-corrected chi connectivity index (χ1v) is 10.6. The summed E-state index contributed by atoms with van der Waals surface area (Å²) in [6.45, 7) is 2.91. The smallest absolute Gasteiger partial charge is 0.340 e. The van der Waals surface area contributed by atoms with Gasteiger partial charge in [-0.05, 0) is 37.5 Å². The van der Waals surface area contributed by atoms with Gasteiger partial charge in [-0.15, -0.1) is 0 Å². The number of fused-ring (bicyclic) bond motifs is 1.